The lowest BCUT2D eigenvalue weighted by Crippen LogP contribution is -2.38. The van der Waals surface area contributed by atoms with Crippen LogP contribution in [0.15, 0.2) is 11.8 Å². The summed E-state index contributed by atoms with van der Waals surface area (Å²) in [4.78, 5) is 10.7. The lowest BCUT2D eigenvalue weighted by molar-refractivity contribution is -0.116. The Morgan fingerprint density at radius 2 is 2.44 bits per heavy atom. The predicted molar refractivity (Wildman–Crippen MR) is 36.6 cm³/mol. The number of hydrogen-bond donors (Lipinski definition) is 1. The van der Waals surface area contributed by atoms with Crippen LogP contribution in [0.4, 0.5) is 0 Å². The van der Waals surface area contributed by atoms with E-state index in [1.165, 1.54) is 6.20 Å². The fraction of sp³-hybridized carbons (Fsp3) is 0.200. The van der Waals surface area contributed by atoms with Crippen LogP contribution in [0.25, 0.3) is 0 Å². The van der Waals surface area contributed by atoms with Crippen molar-refractivity contribution in [2.45, 2.75) is 6.92 Å². The second-order valence-corrected chi connectivity index (χ2v) is 2.09. The van der Waals surface area contributed by atoms with E-state index in [9.17, 15) is 4.79 Å². The van der Waals surface area contributed by atoms with E-state index in [0.29, 0.717) is 5.57 Å². The van der Waals surface area contributed by atoms with Gasteiger partial charge in [0.25, 0.3) is 5.91 Å². The first-order chi connectivity index (χ1) is 4.20. The lowest BCUT2D eigenvalue weighted by atomic mass is 10.3. The maximum atomic E-state index is 10.7. The third kappa shape index (κ3) is 1.26. The molecule has 1 N–H and O–H groups in total. The van der Waals surface area contributed by atoms with Gasteiger partial charge < -0.3 is 0 Å². The second-order valence-electron chi connectivity index (χ2n) is 1.70. The van der Waals surface area contributed by atoms with Crippen molar-refractivity contribution in [2.24, 2.45) is 0 Å². The van der Waals surface area contributed by atoms with E-state index in [4.69, 9.17) is 0 Å². The molecule has 0 aliphatic carbocycles. The average Bonchev–Trinajstić information content (AvgIpc) is 1.80. The quantitative estimate of drug-likeness (QED) is 0.479. The maximum absolute atomic E-state index is 10.7. The molecule has 0 fully saturated rings. The molecule has 9 heavy (non-hydrogen) atoms. The first-order valence-corrected chi connectivity index (χ1v) is 2.84. The Labute approximate surface area is 58.1 Å². The van der Waals surface area contributed by atoms with E-state index in [-0.39, 0.29) is 11.0 Å². The summed E-state index contributed by atoms with van der Waals surface area (Å²) in [6, 6.07) is 0. The fourth-order valence-electron chi connectivity index (χ4n) is 0.442. The molecule has 1 amide bonds. The van der Waals surface area contributed by atoms with Gasteiger partial charge in [-0.1, -0.05) is 0 Å². The van der Waals surface area contributed by atoms with E-state index in [1.807, 2.05) is 0 Å². The number of thiocarbonyl (C=S) groups is 1. The molecule has 1 heterocycles. The van der Waals surface area contributed by atoms with Gasteiger partial charge in [0.15, 0.2) is 5.11 Å². The molecule has 0 atom stereocenters. The molecule has 3 nitrogen and oxygen atoms in total. The van der Waals surface area contributed by atoms with E-state index < -0.39 is 0 Å². The van der Waals surface area contributed by atoms with Crippen molar-refractivity contribution in [3.05, 3.63) is 11.8 Å². The van der Waals surface area contributed by atoms with Gasteiger partial charge >= 0.3 is 0 Å². The van der Waals surface area contributed by atoms with Crippen LogP contribution in [0.3, 0.4) is 0 Å². The predicted octanol–water partition coefficient (Wildman–Crippen LogP) is -0.0907. The standard InChI is InChI=1S/C5H5N2OS/c1-3-2-6-5(9)7-4(3)8/h2H,1H3,(H,7,8,9). The topological polar surface area (TPSA) is 43.2 Å². The average molecular weight is 141 g/mol. The van der Waals surface area contributed by atoms with E-state index in [2.05, 4.69) is 22.9 Å². The zero-order chi connectivity index (χ0) is 6.85. The van der Waals surface area contributed by atoms with Crippen LogP contribution in [-0.2, 0) is 4.79 Å². The molecular weight excluding hydrogens is 136 g/mol. The molecule has 1 aliphatic rings. The number of amides is 1. The second kappa shape index (κ2) is 2.14. The van der Waals surface area contributed by atoms with Gasteiger partial charge in [-0.3, -0.25) is 10.1 Å². The molecule has 1 aliphatic heterocycles. The first-order valence-electron chi connectivity index (χ1n) is 2.43. The van der Waals surface area contributed by atoms with Crippen molar-refractivity contribution >= 4 is 23.2 Å². The van der Waals surface area contributed by atoms with Gasteiger partial charge in [0, 0.05) is 11.8 Å². The summed E-state index contributed by atoms with van der Waals surface area (Å²) in [5, 5.41) is 6.33. The van der Waals surface area contributed by atoms with E-state index in [0.717, 1.165) is 0 Å². The fourth-order valence-corrected chi connectivity index (χ4v) is 0.587. The highest BCUT2D eigenvalue weighted by molar-refractivity contribution is 7.80. The third-order valence-electron chi connectivity index (χ3n) is 0.954. The van der Waals surface area contributed by atoms with Crippen molar-refractivity contribution in [1.29, 1.82) is 0 Å². The molecule has 1 rings (SSSR count). The van der Waals surface area contributed by atoms with E-state index in [1.54, 1.807) is 6.92 Å². The smallest absolute Gasteiger partial charge is 0.254 e. The number of hydrogen-bond acceptors (Lipinski definition) is 2. The van der Waals surface area contributed by atoms with Crippen LogP contribution in [0.2, 0.25) is 0 Å². The maximum Gasteiger partial charge on any atom is 0.254 e. The van der Waals surface area contributed by atoms with Crippen LogP contribution >= 0.6 is 12.2 Å². The van der Waals surface area contributed by atoms with Crippen molar-refractivity contribution in [2.75, 3.05) is 0 Å². The van der Waals surface area contributed by atoms with Gasteiger partial charge in [-0.15, -0.1) is 0 Å². The highest BCUT2D eigenvalue weighted by atomic mass is 32.1. The van der Waals surface area contributed by atoms with Crippen molar-refractivity contribution in [1.82, 2.24) is 10.6 Å². The molecule has 0 saturated carbocycles. The summed E-state index contributed by atoms with van der Waals surface area (Å²) >= 11 is 4.59. The first kappa shape index (κ1) is 6.22. The van der Waals surface area contributed by atoms with Crippen LogP contribution < -0.4 is 10.6 Å². The summed E-state index contributed by atoms with van der Waals surface area (Å²) < 4.78 is 0. The molecule has 0 saturated heterocycles. The SMILES string of the molecule is CC1=C[N]C(=S)NC1=O. The number of rotatable bonds is 0. The minimum absolute atomic E-state index is 0.157. The Bertz CT molecular complexity index is 197. The molecule has 1 radical (unpaired) electrons. The summed E-state index contributed by atoms with van der Waals surface area (Å²) in [6.07, 6.45) is 1.46. The van der Waals surface area contributed by atoms with E-state index >= 15 is 0 Å². The number of nitrogens with zero attached hydrogens (tertiary/aromatic N) is 1. The molecule has 0 aromatic rings. The van der Waals surface area contributed by atoms with Crippen molar-refractivity contribution in [3.63, 3.8) is 0 Å². The van der Waals surface area contributed by atoms with Crippen LogP contribution in [-0.4, -0.2) is 11.0 Å². The summed E-state index contributed by atoms with van der Waals surface area (Å²) in [5.74, 6) is -0.157. The summed E-state index contributed by atoms with van der Waals surface area (Å²) in [5.41, 5.74) is 0.587. The molecule has 0 aromatic carbocycles. The number of carbonyl (C=O) groups excluding carboxylic acids is 1. The minimum atomic E-state index is -0.157. The number of carbonyl (C=O) groups is 1. The molecule has 47 valence electrons. The zero-order valence-electron chi connectivity index (χ0n) is 4.84. The molecule has 0 spiro atoms. The van der Waals surface area contributed by atoms with Crippen LogP contribution in [0.1, 0.15) is 6.92 Å². The normalized spacial score (nSPS) is 18.1. The molecule has 4 heteroatoms. The summed E-state index contributed by atoms with van der Waals surface area (Å²) in [7, 11) is 0. The Morgan fingerprint density at radius 3 is 2.89 bits per heavy atom. The van der Waals surface area contributed by atoms with Gasteiger partial charge in [0.1, 0.15) is 0 Å². The van der Waals surface area contributed by atoms with Crippen molar-refractivity contribution in [3.8, 4) is 0 Å². The Kier molecular flexibility index (Phi) is 1.48. The van der Waals surface area contributed by atoms with Gasteiger partial charge in [0.2, 0.25) is 0 Å². The lowest BCUT2D eigenvalue weighted by Gasteiger charge is -2.09. The molecule has 0 aromatic heterocycles. The van der Waals surface area contributed by atoms with Gasteiger partial charge in [-0.05, 0) is 19.1 Å². The monoisotopic (exact) mass is 141 g/mol. The highest BCUT2D eigenvalue weighted by Gasteiger charge is 2.11. The van der Waals surface area contributed by atoms with Crippen molar-refractivity contribution < 1.29 is 4.79 Å². The van der Waals surface area contributed by atoms with Gasteiger partial charge in [-0.2, -0.15) is 0 Å². The summed E-state index contributed by atoms with van der Waals surface area (Å²) in [6.45, 7) is 1.68. The Balaban J connectivity index is 2.79. The largest absolute Gasteiger partial charge is 0.297 e. The highest BCUT2D eigenvalue weighted by Crippen LogP contribution is 1.95. The molecule has 0 bridgehead atoms. The van der Waals surface area contributed by atoms with Gasteiger partial charge in [-0.25, -0.2) is 5.32 Å². The minimum Gasteiger partial charge on any atom is -0.297 e. The molecule has 0 unspecified atom stereocenters. The Morgan fingerprint density at radius 1 is 1.78 bits per heavy atom. The van der Waals surface area contributed by atoms with Crippen LogP contribution in [0.5, 0.6) is 0 Å². The molecular formula is C5H5N2OS. The third-order valence-corrected chi connectivity index (χ3v) is 1.16. The zero-order valence-corrected chi connectivity index (χ0v) is 5.66. The Hall–Kier alpha value is -0.900. The van der Waals surface area contributed by atoms with Crippen LogP contribution in [0, 0.1) is 0 Å². The van der Waals surface area contributed by atoms with Gasteiger partial charge in [0.05, 0.1) is 0 Å². The number of nitrogens with one attached hydrogen (secondary N) is 1.